The second-order valence-corrected chi connectivity index (χ2v) is 5.83. The highest BCUT2D eigenvalue weighted by molar-refractivity contribution is 5.95. The van der Waals surface area contributed by atoms with Crippen molar-refractivity contribution < 1.29 is 14.3 Å². The minimum atomic E-state index is -0.336. The highest BCUT2D eigenvalue weighted by atomic mass is 16.5. The van der Waals surface area contributed by atoms with E-state index in [0.29, 0.717) is 12.2 Å². The SMILES string of the molecule is CC(=O)c1cccc(Nc2ccc(NC(=O)C3CCCO3)cc2)c1. The number of hydrogen-bond acceptors (Lipinski definition) is 4. The largest absolute Gasteiger partial charge is 0.368 e. The number of nitrogens with one attached hydrogen (secondary N) is 2. The van der Waals surface area contributed by atoms with E-state index in [1.54, 1.807) is 13.0 Å². The molecule has 0 spiro atoms. The minimum absolute atomic E-state index is 0.0332. The quantitative estimate of drug-likeness (QED) is 0.822. The monoisotopic (exact) mass is 324 g/mol. The number of hydrogen-bond donors (Lipinski definition) is 2. The average molecular weight is 324 g/mol. The molecule has 124 valence electrons. The van der Waals surface area contributed by atoms with Gasteiger partial charge in [0, 0.05) is 29.2 Å². The first-order chi connectivity index (χ1) is 11.6. The lowest BCUT2D eigenvalue weighted by atomic mass is 10.1. The van der Waals surface area contributed by atoms with Gasteiger partial charge in [-0.1, -0.05) is 12.1 Å². The Hall–Kier alpha value is -2.66. The van der Waals surface area contributed by atoms with Crippen molar-refractivity contribution in [2.24, 2.45) is 0 Å². The van der Waals surface area contributed by atoms with Crippen LogP contribution in [0.25, 0.3) is 0 Å². The molecular formula is C19H20N2O3. The zero-order valence-electron chi connectivity index (χ0n) is 13.5. The van der Waals surface area contributed by atoms with E-state index in [9.17, 15) is 9.59 Å². The molecule has 2 aromatic carbocycles. The second kappa shape index (κ2) is 7.27. The van der Waals surface area contributed by atoms with Crippen molar-refractivity contribution in [3.8, 4) is 0 Å². The molecule has 2 aromatic rings. The normalized spacial score (nSPS) is 16.6. The van der Waals surface area contributed by atoms with Gasteiger partial charge in [-0.2, -0.15) is 0 Å². The summed E-state index contributed by atoms with van der Waals surface area (Å²) in [6, 6.07) is 14.8. The van der Waals surface area contributed by atoms with E-state index >= 15 is 0 Å². The zero-order chi connectivity index (χ0) is 16.9. The van der Waals surface area contributed by atoms with Gasteiger partial charge in [0.2, 0.25) is 0 Å². The van der Waals surface area contributed by atoms with Crippen LogP contribution in [0.2, 0.25) is 0 Å². The van der Waals surface area contributed by atoms with Gasteiger partial charge in [0.05, 0.1) is 0 Å². The van der Waals surface area contributed by atoms with Crippen LogP contribution in [-0.4, -0.2) is 24.4 Å². The van der Waals surface area contributed by atoms with Gasteiger partial charge in [-0.3, -0.25) is 9.59 Å². The molecule has 0 aliphatic carbocycles. The molecule has 1 aliphatic rings. The average Bonchev–Trinajstić information content (AvgIpc) is 3.11. The van der Waals surface area contributed by atoms with Crippen LogP contribution in [0.3, 0.4) is 0 Å². The molecule has 0 aromatic heterocycles. The fourth-order valence-electron chi connectivity index (χ4n) is 2.63. The molecule has 0 bridgehead atoms. The molecule has 1 fully saturated rings. The molecule has 0 saturated carbocycles. The third kappa shape index (κ3) is 4.00. The maximum Gasteiger partial charge on any atom is 0.253 e. The number of rotatable bonds is 5. The number of ether oxygens (including phenoxy) is 1. The Kier molecular flexibility index (Phi) is 4.91. The summed E-state index contributed by atoms with van der Waals surface area (Å²) in [5, 5.41) is 6.11. The van der Waals surface area contributed by atoms with Crippen molar-refractivity contribution in [1.82, 2.24) is 0 Å². The van der Waals surface area contributed by atoms with Gasteiger partial charge in [-0.05, 0) is 56.2 Å². The van der Waals surface area contributed by atoms with Crippen LogP contribution in [0.15, 0.2) is 48.5 Å². The van der Waals surface area contributed by atoms with E-state index in [0.717, 1.165) is 29.9 Å². The molecular weight excluding hydrogens is 304 g/mol. The summed E-state index contributed by atoms with van der Waals surface area (Å²) in [7, 11) is 0. The Balaban J connectivity index is 1.63. The Morgan fingerprint density at radius 1 is 1.04 bits per heavy atom. The molecule has 5 heteroatoms. The Labute approximate surface area is 141 Å². The van der Waals surface area contributed by atoms with E-state index in [1.165, 1.54) is 0 Å². The van der Waals surface area contributed by atoms with Crippen LogP contribution in [0.4, 0.5) is 17.1 Å². The molecule has 5 nitrogen and oxygen atoms in total. The number of benzene rings is 2. The molecule has 1 aliphatic heterocycles. The first kappa shape index (κ1) is 16.2. The standard InChI is InChI=1S/C19H20N2O3/c1-13(22)14-4-2-5-17(12-14)20-15-7-9-16(10-8-15)21-19(23)18-6-3-11-24-18/h2,4-5,7-10,12,18,20H,3,6,11H2,1H3,(H,21,23). The lowest BCUT2D eigenvalue weighted by molar-refractivity contribution is -0.124. The Bertz CT molecular complexity index is 735. The predicted octanol–water partition coefficient (Wildman–Crippen LogP) is 3.75. The second-order valence-electron chi connectivity index (χ2n) is 5.83. The van der Waals surface area contributed by atoms with Gasteiger partial charge in [-0.15, -0.1) is 0 Å². The fourth-order valence-corrected chi connectivity index (χ4v) is 2.63. The number of carbonyl (C=O) groups excluding carboxylic acids is 2. The summed E-state index contributed by atoms with van der Waals surface area (Å²) in [5.74, 6) is -0.0618. The molecule has 1 amide bonds. The van der Waals surface area contributed by atoms with Gasteiger partial charge < -0.3 is 15.4 Å². The number of amides is 1. The Morgan fingerprint density at radius 2 is 1.79 bits per heavy atom. The third-order valence-corrected chi connectivity index (χ3v) is 3.93. The summed E-state index contributed by atoms with van der Waals surface area (Å²) < 4.78 is 5.37. The highest BCUT2D eigenvalue weighted by Gasteiger charge is 2.23. The highest BCUT2D eigenvalue weighted by Crippen LogP contribution is 2.21. The minimum Gasteiger partial charge on any atom is -0.368 e. The van der Waals surface area contributed by atoms with E-state index in [-0.39, 0.29) is 17.8 Å². The molecule has 24 heavy (non-hydrogen) atoms. The van der Waals surface area contributed by atoms with E-state index in [1.807, 2.05) is 42.5 Å². The van der Waals surface area contributed by atoms with Crippen LogP contribution >= 0.6 is 0 Å². The maximum absolute atomic E-state index is 12.0. The van der Waals surface area contributed by atoms with Crippen LogP contribution in [-0.2, 0) is 9.53 Å². The van der Waals surface area contributed by atoms with Crippen molar-refractivity contribution in [3.63, 3.8) is 0 Å². The van der Waals surface area contributed by atoms with Crippen LogP contribution in [0.1, 0.15) is 30.1 Å². The molecule has 1 saturated heterocycles. The van der Waals surface area contributed by atoms with Gasteiger partial charge in [0.1, 0.15) is 6.10 Å². The van der Waals surface area contributed by atoms with Crippen molar-refractivity contribution in [3.05, 3.63) is 54.1 Å². The predicted molar refractivity (Wildman–Crippen MR) is 93.8 cm³/mol. The number of ketones is 1. The lowest BCUT2D eigenvalue weighted by Crippen LogP contribution is -2.26. The number of anilines is 3. The smallest absolute Gasteiger partial charge is 0.253 e. The molecule has 3 rings (SSSR count). The van der Waals surface area contributed by atoms with Gasteiger partial charge in [-0.25, -0.2) is 0 Å². The molecule has 1 unspecified atom stereocenters. The van der Waals surface area contributed by atoms with Gasteiger partial charge in [0.25, 0.3) is 5.91 Å². The summed E-state index contributed by atoms with van der Waals surface area (Å²) in [5.41, 5.74) is 3.13. The van der Waals surface area contributed by atoms with E-state index < -0.39 is 0 Å². The van der Waals surface area contributed by atoms with Crippen molar-refractivity contribution in [2.45, 2.75) is 25.9 Å². The van der Waals surface area contributed by atoms with Crippen LogP contribution < -0.4 is 10.6 Å². The summed E-state index contributed by atoms with van der Waals surface area (Å²) in [6.07, 6.45) is 1.37. The number of carbonyl (C=O) groups is 2. The summed E-state index contributed by atoms with van der Waals surface area (Å²) in [6.45, 7) is 2.20. The van der Waals surface area contributed by atoms with E-state index in [4.69, 9.17) is 4.74 Å². The lowest BCUT2D eigenvalue weighted by Gasteiger charge is -2.12. The zero-order valence-corrected chi connectivity index (χ0v) is 13.5. The first-order valence-corrected chi connectivity index (χ1v) is 8.02. The van der Waals surface area contributed by atoms with Crippen molar-refractivity contribution >= 4 is 28.8 Å². The Morgan fingerprint density at radius 3 is 2.46 bits per heavy atom. The van der Waals surface area contributed by atoms with Gasteiger partial charge in [0.15, 0.2) is 5.78 Å². The van der Waals surface area contributed by atoms with E-state index in [2.05, 4.69) is 10.6 Å². The first-order valence-electron chi connectivity index (χ1n) is 8.02. The fraction of sp³-hybridized carbons (Fsp3) is 0.263. The molecule has 0 radical (unpaired) electrons. The van der Waals surface area contributed by atoms with Crippen molar-refractivity contribution in [2.75, 3.05) is 17.2 Å². The topological polar surface area (TPSA) is 67.4 Å². The summed E-state index contributed by atoms with van der Waals surface area (Å²) >= 11 is 0. The number of Topliss-reactive ketones (excluding diaryl/α,β-unsaturated/α-hetero) is 1. The van der Waals surface area contributed by atoms with Gasteiger partial charge >= 0.3 is 0 Å². The van der Waals surface area contributed by atoms with Crippen LogP contribution in [0, 0.1) is 0 Å². The maximum atomic E-state index is 12.0. The van der Waals surface area contributed by atoms with Crippen LogP contribution in [0.5, 0.6) is 0 Å². The molecule has 1 atom stereocenters. The molecule has 1 heterocycles. The van der Waals surface area contributed by atoms with Crippen molar-refractivity contribution in [1.29, 1.82) is 0 Å². The molecule has 2 N–H and O–H groups in total. The summed E-state index contributed by atoms with van der Waals surface area (Å²) in [4.78, 5) is 23.4. The third-order valence-electron chi connectivity index (χ3n) is 3.93.